The minimum absolute atomic E-state index is 0. The fourth-order valence-electron chi connectivity index (χ4n) is 3.03. The predicted octanol–water partition coefficient (Wildman–Crippen LogP) is 3.11. The molecular weight excluding hydrogens is 471 g/mol. The first-order valence-corrected chi connectivity index (χ1v) is 8.60. The number of para-hydroxylation sites is 1. The first-order chi connectivity index (χ1) is 12.5. The zero-order chi connectivity index (χ0) is 19.1. The van der Waals surface area contributed by atoms with Gasteiger partial charge in [0.25, 0.3) is 0 Å². The van der Waals surface area contributed by atoms with Gasteiger partial charge in [-0.2, -0.15) is 8.78 Å². The van der Waals surface area contributed by atoms with Crippen molar-refractivity contribution in [3.63, 3.8) is 0 Å². The van der Waals surface area contributed by atoms with Crippen LogP contribution < -0.4 is 10.1 Å². The Hall–Kier alpha value is -1.65. The van der Waals surface area contributed by atoms with E-state index >= 15 is 0 Å². The highest BCUT2D eigenvalue weighted by molar-refractivity contribution is 14.0. The monoisotopic (exact) mass is 497 g/mol. The van der Waals surface area contributed by atoms with Gasteiger partial charge < -0.3 is 19.7 Å². The van der Waals surface area contributed by atoms with Crippen LogP contribution >= 0.6 is 24.0 Å². The third kappa shape index (κ3) is 6.47. The number of halogens is 3. The molecule has 0 saturated carbocycles. The summed E-state index contributed by atoms with van der Waals surface area (Å²) < 4.78 is 34.5. The van der Waals surface area contributed by atoms with Gasteiger partial charge in [-0.15, -0.1) is 24.0 Å². The molecule has 1 heterocycles. The zero-order valence-electron chi connectivity index (χ0n) is 15.7. The Morgan fingerprint density at radius 2 is 2.07 bits per heavy atom. The van der Waals surface area contributed by atoms with E-state index in [1.165, 1.54) is 13.2 Å². The molecule has 2 atom stereocenters. The Morgan fingerprint density at radius 1 is 1.37 bits per heavy atom. The molecular formula is C18H26F2IN3O3. The zero-order valence-corrected chi connectivity index (χ0v) is 18.0. The standard InChI is InChI=1S/C18H25F2N3O3.HI/c1-4-21-18(23-10-12(2)14(11-23)16(24)25-3)22-9-13-7-5-6-8-15(13)26-17(19)20;/h5-8,12,14,17H,4,9-11H2,1-3H3,(H,21,22);1H. The van der Waals surface area contributed by atoms with Gasteiger partial charge in [-0.25, -0.2) is 4.99 Å². The van der Waals surface area contributed by atoms with Gasteiger partial charge in [-0.3, -0.25) is 4.79 Å². The fourth-order valence-corrected chi connectivity index (χ4v) is 3.03. The number of likely N-dealkylation sites (tertiary alicyclic amines) is 1. The van der Waals surface area contributed by atoms with Crippen LogP contribution in [0, 0.1) is 11.8 Å². The van der Waals surface area contributed by atoms with Crippen LogP contribution in [-0.2, 0) is 16.1 Å². The number of aliphatic imine (C=N–C) groups is 1. The van der Waals surface area contributed by atoms with E-state index in [1.54, 1.807) is 18.2 Å². The lowest BCUT2D eigenvalue weighted by Gasteiger charge is -2.21. The minimum Gasteiger partial charge on any atom is -0.469 e. The van der Waals surface area contributed by atoms with E-state index in [-0.39, 0.29) is 54.1 Å². The topological polar surface area (TPSA) is 63.2 Å². The van der Waals surface area contributed by atoms with Crippen molar-refractivity contribution >= 4 is 35.9 Å². The SMILES string of the molecule is CCNC(=NCc1ccccc1OC(F)F)N1CC(C)C(C(=O)OC)C1.I. The summed E-state index contributed by atoms with van der Waals surface area (Å²) in [5.41, 5.74) is 0.569. The molecule has 0 bridgehead atoms. The number of rotatable bonds is 6. The number of hydrogen-bond acceptors (Lipinski definition) is 4. The van der Waals surface area contributed by atoms with E-state index < -0.39 is 6.61 Å². The van der Waals surface area contributed by atoms with Crippen LogP contribution in [0.15, 0.2) is 29.3 Å². The summed E-state index contributed by atoms with van der Waals surface area (Å²) in [4.78, 5) is 18.4. The van der Waals surface area contributed by atoms with Crippen molar-refractivity contribution in [2.24, 2.45) is 16.8 Å². The Labute approximate surface area is 175 Å². The normalized spacial score (nSPS) is 19.6. The quantitative estimate of drug-likeness (QED) is 0.283. The van der Waals surface area contributed by atoms with Crippen LogP contribution in [0.5, 0.6) is 5.75 Å². The molecule has 9 heteroatoms. The first kappa shape index (κ1) is 23.4. The van der Waals surface area contributed by atoms with Crippen molar-refractivity contribution in [2.75, 3.05) is 26.7 Å². The predicted molar refractivity (Wildman–Crippen MR) is 110 cm³/mol. The Balaban J connectivity index is 0.00000364. The second kappa shape index (κ2) is 11.3. The third-order valence-corrected chi connectivity index (χ3v) is 4.34. The van der Waals surface area contributed by atoms with Gasteiger partial charge in [0, 0.05) is 25.2 Å². The maximum absolute atomic E-state index is 12.5. The fraction of sp³-hybridized carbons (Fsp3) is 0.556. The molecule has 1 fully saturated rings. The van der Waals surface area contributed by atoms with Crippen LogP contribution in [0.4, 0.5) is 8.78 Å². The van der Waals surface area contributed by atoms with Crippen molar-refractivity contribution in [1.82, 2.24) is 10.2 Å². The highest BCUT2D eigenvalue weighted by Gasteiger charge is 2.36. The Kier molecular flexibility index (Phi) is 9.75. The molecule has 1 N–H and O–H groups in total. The summed E-state index contributed by atoms with van der Waals surface area (Å²) in [5, 5.41) is 3.19. The maximum atomic E-state index is 12.5. The molecule has 27 heavy (non-hydrogen) atoms. The molecule has 1 saturated heterocycles. The number of guanidine groups is 1. The van der Waals surface area contributed by atoms with Crippen LogP contribution in [0.3, 0.4) is 0 Å². The Morgan fingerprint density at radius 3 is 2.70 bits per heavy atom. The summed E-state index contributed by atoms with van der Waals surface area (Å²) in [6.07, 6.45) is 0. The molecule has 0 aliphatic carbocycles. The van der Waals surface area contributed by atoms with Crippen LogP contribution in [0.25, 0.3) is 0 Å². The molecule has 152 valence electrons. The number of methoxy groups -OCH3 is 1. The molecule has 1 aromatic carbocycles. The smallest absolute Gasteiger partial charge is 0.387 e. The van der Waals surface area contributed by atoms with Crippen LogP contribution in [-0.4, -0.2) is 50.2 Å². The Bertz CT molecular complexity index is 646. The number of hydrogen-bond donors (Lipinski definition) is 1. The largest absolute Gasteiger partial charge is 0.469 e. The van der Waals surface area contributed by atoms with E-state index in [9.17, 15) is 13.6 Å². The van der Waals surface area contributed by atoms with Crippen LogP contribution in [0.1, 0.15) is 19.4 Å². The number of esters is 1. The van der Waals surface area contributed by atoms with Gasteiger partial charge >= 0.3 is 12.6 Å². The molecule has 1 aliphatic rings. The number of benzene rings is 1. The second-order valence-electron chi connectivity index (χ2n) is 6.17. The molecule has 1 aromatic rings. The molecule has 2 rings (SSSR count). The molecule has 2 unspecified atom stereocenters. The lowest BCUT2D eigenvalue weighted by molar-refractivity contribution is -0.145. The van der Waals surface area contributed by atoms with Crippen molar-refractivity contribution in [3.8, 4) is 5.75 Å². The van der Waals surface area contributed by atoms with Gasteiger partial charge in [0.05, 0.1) is 19.6 Å². The molecule has 1 aliphatic heterocycles. The number of nitrogens with one attached hydrogen (secondary N) is 1. The number of carbonyl (C=O) groups excluding carboxylic acids is 1. The highest BCUT2D eigenvalue weighted by atomic mass is 127. The summed E-state index contributed by atoms with van der Waals surface area (Å²) >= 11 is 0. The molecule has 0 amide bonds. The van der Waals surface area contributed by atoms with Crippen molar-refractivity contribution < 1.29 is 23.0 Å². The van der Waals surface area contributed by atoms with Crippen molar-refractivity contribution in [2.45, 2.75) is 27.0 Å². The lowest BCUT2D eigenvalue weighted by Crippen LogP contribution is -2.40. The van der Waals surface area contributed by atoms with E-state index in [2.05, 4.69) is 15.0 Å². The lowest BCUT2D eigenvalue weighted by atomic mass is 9.99. The summed E-state index contributed by atoms with van der Waals surface area (Å²) in [6, 6.07) is 6.59. The second-order valence-corrected chi connectivity index (χ2v) is 6.17. The third-order valence-electron chi connectivity index (χ3n) is 4.34. The summed E-state index contributed by atoms with van der Waals surface area (Å²) in [6.45, 7) is 3.09. The number of nitrogens with zero attached hydrogens (tertiary/aromatic N) is 2. The minimum atomic E-state index is -2.88. The summed E-state index contributed by atoms with van der Waals surface area (Å²) in [7, 11) is 1.39. The average Bonchev–Trinajstić information content (AvgIpc) is 3.00. The summed E-state index contributed by atoms with van der Waals surface area (Å²) in [5.74, 6) is 0.451. The molecule has 6 nitrogen and oxygen atoms in total. The van der Waals surface area contributed by atoms with Crippen molar-refractivity contribution in [3.05, 3.63) is 29.8 Å². The van der Waals surface area contributed by atoms with Gasteiger partial charge in [0.15, 0.2) is 5.96 Å². The molecule has 0 aromatic heterocycles. The average molecular weight is 497 g/mol. The van der Waals surface area contributed by atoms with E-state index in [0.29, 0.717) is 31.2 Å². The van der Waals surface area contributed by atoms with Gasteiger partial charge in [0.1, 0.15) is 5.75 Å². The maximum Gasteiger partial charge on any atom is 0.387 e. The van der Waals surface area contributed by atoms with E-state index in [0.717, 1.165) is 0 Å². The van der Waals surface area contributed by atoms with Crippen molar-refractivity contribution in [1.29, 1.82) is 0 Å². The van der Waals surface area contributed by atoms with Gasteiger partial charge in [0.2, 0.25) is 0 Å². The highest BCUT2D eigenvalue weighted by Crippen LogP contribution is 2.25. The van der Waals surface area contributed by atoms with Crippen LogP contribution in [0.2, 0.25) is 0 Å². The number of alkyl halides is 2. The van der Waals surface area contributed by atoms with E-state index in [1.807, 2.05) is 18.7 Å². The molecule has 0 radical (unpaired) electrons. The molecule has 0 spiro atoms. The van der Waals surface area contributed by atoms with Gasteiger partial charge in [-0.1, -0.05) is 25.1 Å². The van der Waals surface area contributed by atoms with E-state index in [4.69, 9.17) is 4.74 Å². The first-order valence-electron chi connectivity index (χ1n) is 8.60. The van der Waals surface area contributed by atoms with Gasteiger partial charge in [-0.05, 0) is 18.9 Å². The number of ether oxygens (including phenoxy) is 2. The number of carbonyl (C=O) groups is 1.